The summed E-state index contributed by atoms with van der Waals surface area (Å²) in [5.74, 6) is 2.35. The van der Waals surface area contributed by atoms with Gasteiger partial charge >= 0.3 is 0 Å². The van der Waals surface area contributed by atoms with Gasteiger partial charge in [-0.05, 0) is 26.0 Å². The Morgan fingerprint density at radius 2 is 2.04 bits per heavy atom. The zero-order chi connectivity index (χ0) is 18.6. The second-order valence-electron chi connectivity index (χ2n) is 8.28. The monoisotopic (exact) mass is 357 g/mol. The molecule has 0 bridgehead atoms. The predicted molar refractivity (Wildman–Crippen MR) is 97.0 cm³/mol. The number of aryl methyl sites for hydroxylation is 2. The first-order chi connectivity index (χ1) is 12.3. The number of carbonyl (C=O) groups is 1. The number of likely N-dealkylation sites (N-methyl/N-ethyl adjacent to an activating group) is 1. The number of nitrogens with zero attached hydrogens (tertiary/aromatic N) is 6. The minimum Gasteiger partial charge on any atom is -0.336 e. The van der Waals surface area contributed by atoms with Crippen LogP contribution in [0.5, 0.6) is 0 Å². The predicted octanol–water partition coefficient (Wildman–Crippen LogP) is 1.14. The molecule has 8 heteroatoms. The van der Waals surface area contributed by atoms with Gasteiger partial charge in [0.25, 0.3) is 5.91 Å². The summed E-state index contributed by atoms with van der Waals surface area (Å²) in [4.78, 5) is 21.7. The Balaban J connectivity index is 1.51. The second kappa shape index (κ2) is 5.90. The lowest BCUT2D eigenvalue weighted by Gasteiger charge is -2.50. The average Bonchev–Trinajstić information content (AvgIpc) is 3.21. The summed E-state index contributed by atoms with van der Waals surface area (Å²) in [5.41, 5.74) is 1.68. The summed E-state index contributed by atoms with van der Waals surface area (Å²) in [7, 11) is 4.02. The van der Waals surface area contributed by atoms with Crippen LogP contribution in [-0.4, -0.2) is 73.9 Å². The molecule has 4 heterocycles. The minimum absolute atomic E-state index is 0.0256. The Kier molecular flexibility index (Phi) is 3.91. The maximum atomic E-state index is 12.9. The van der Waals surface area contributed by atoms with Gasteiger partial charge in [0, 0.05) is 50.3 Å². The van der Waals surface area contributed by atoms with E-state index in [0.29, 0.717) is 11.6 Å². The maximum absolute atomic E-state index is 12.9. The van der Waals surface area contributed by atoms with Gasteiger partial charge in [-0.15, -0.1) is 0 Å². The molecule has 2 aliphatic rings. The lowest BCUT2D eigenvalue weighted by atomic mass is 9.71. The van der Waals surface area contributed by atoms with E-state index in [-0.39, 0.29) is 17.2 Å². The van der Waals surface area contributed by atoms with Gasteiger partial charge in [-0.3, -0.25) is 14.6 Å². The fourth-order valence-electron chi connectivity index (χ4n) is 4.56. The molecule has 0 radical (unpaired) electrons. The van der Waals surface area contributed by atoms with Crippen LogP contribution in [0.2, 0.25) is 0 Å². The SMILES string of the molecule is Cc1nc(C2CN(C)CC23CN(C(=O)c2cc(C(C)C)n(C)n2)C3)n[nH]1. The molecule has 2 aliphatic heterocycles. The van der Waals surface area contributed by atoms with Crippen molar-refractivity contribution in [2.45, 2.75) is 32.6 Å². The average molecular weight is 357 g/mol. The number of hydrogen-bond donors (Lipinski definition) is 1. The van der Waals surface area contributed by atoms with Gasteiger partial charge in [0.1, 0.15) is 5.82 Å². The molecule has 4 rings (SSSR count). The van der Waals surface area contributed by atoms with Gasteiger partial charge in [-0.2, -0.15) is 10.2 Å². The van der Waals surface area contributed by atoms with Crippen molar-refractivity contribution in [3.8, 4) is 0 Å². The maximum Gasteiger partial charge on any atom is 0.274 e. The standard InChI is InChI=1S/C18H27N7O/c1-11(2)15-6-14(22-24(15)5)17(26)25-9-18(10-25)8-23(4)7-13(18)16-19-12(3)20-21-16/h6,11,13H,7-10H2,1-5H3,(H,19,20,21). The van der Waals surface area contributed by atoms with Crippen LogP contribution in [0.15, 0.2) is 6.07 Å². The third-order valence-electron chi connectivity index (χ3n) is 5.77. The van der Waals surface area contributed by atoms with Gasteiger partial charge < -0.3 is 9.80 Å². The first kappa shape index (κ1) is 17.2. The van der Waals surface area contributed by atoms with Crippen molar-refractivity contribution in [1.29, 1.82) is 0 Å². The number of nitrogens with one attached hydrogen (secondary N) is 1. The van der Waals surface area contributed by atoms with E-state index in [4.69, 9.17) is 0 Å². The highest BCUT2D eigenvalue weighted by Gasteiger charge is 2.56. The van der Waals surface area contributed by atoms with Gasteiger partial charge in [0.05, 0.1) is 0 Å². The number of aromatic nitrogens is 5. The fraction of sp³-hybridized carbons (Fsp3) is 0.667. The molecule has 1 atom stereocenters. The lowest BCUT2D eigenvalue weighted by molar-refractivity contribution is 0.00251. The first-order valence-electron chi connectivity index (χ1n) is 9.20. The van der Waals surface area contributed by atoms with Crippen molar-refractivity contribution >= 4 is 5.91 Å². The third kappa shape index (κ3) is 2.63. The molecule has 1 amide bonds. The van der Waals surface area contributed by atoms with Crippen molar-refractivity contribution in [3.63, 3.8) is 0 Å². The van der Waals surface area contributed by atoms with Crippen LogP contribution in [0.1, 0.15) is 53.5 Å². The third-order valence-corrected chi connectivity index (χ3v) is 5.77. The van der Waals surface area contributed by atoms with Crippen LogP contribution in [0.25, 0.3) is 0 Å². The van der Waals surface area contributed by atoms with E-state index in [2.05, 4.69) is 46.1 Å². The molecule has 1 unspecified atom stereocenters. The highest BCUT2D eigenvalue weighted by atomic mass is 16.2. The Morgan fingerprint density at radius 1 is 1.31 bits per heavy atom. The summed E-state index contributed by atoms with van der Waals surface area (Å²) in [6.45, 7) is 9.52. The van der Waals surface area contributed by atoms with E-state index < -0.39 is 0 Å². The van der Waals surface area contributed by atoms with E-state index in [0.717, 1.165) is 43.5 Å². The van der Waals surface area contributed by atoms with Crippen molar-refractivity contribution in [1.82, 2.24) is 34.8 Å². The Morgan fingerprint density at radius 3 is 2.62 bits per heavy atom. The van der Waals surface area contributed by atoms with Gasteiger partial charge in [0.2, 0.25) is 0 Å². The molecule has 2 aromatic heterocycles. The van der Waals surface area contributed by atoms with E-state index in [1.54, 1.807) is 0 Å². The molecule has 1 N–H and O–H groups in total. The lowest BCUT2D eigenvalue weighted by Crippen LogP contribution is -2.61. The molecule has 1 spiro atoms. The van der Waals surface area contributed by atoms with E-state index in [1.165, 1.54) is 0 Å². The number of aromatic amines is 1. The number of amides is 1. The molecule has 8 nitrogen and oxygen atoms in total. The van der Waals surface area contributed by atoms with Crippen LogP contribution in [-0.2, 0) is 7.05 Å². The summed E-state index contributed by atoms with van der Waals surface area (Å²) < 4.78 is 1.82. The normalized spacial score (nSPS) is 22.4. The minimum atomic E-state index is 0.0256. The fourth-order valence-corrected chi connectivity index (χ4v) is 4.56. The number of hydrogen-bond acceptors (Lipinski definition) is 5. The van der Waals surface area contributed by atoms with Crippen molar-refractivity contribution in [3.05, 3.63) is 29.1 Å². The number of carbonyl (C=O) groups excluding carboxylic acids is 1. The molecule has 2 fully saturated rings. The van der Waals surface area contributed by atoms with Crippen LogP contribution in [0.3, 0.4) is 0 Å². The van der Waals surface area contributed by atoms with E-state index in [9.17, 15) is 4.79 Å². The van der Waals surface area contributed by atoms with Gasteiger partial charge in [0.15, 0.2) is 11.5 Å². The zero-order valence-electron chi connectivity index (χ0n) is 16.2. The molecule has 2 saturated heterocycles. The number of likely N-dealkylation sites (tertiary alicyclic amines) is 2. The van der Waals surface area contributed by atoms with Crippen LogP contribution < -0.4 is 0 Å². The molecule has 0 saturated carbocycles. The van der Waals surface area contributed by atoms with Crippen molar-refractivity contribution < 1.29 is 4.79 Å². The largest absolute Gasteiger partial charge is 0.336 e. The number of H-pyrrole nitrogens is 1. The second-order valence-corrected chi connectivity index (χ2v) is 8.28. The van der Waals surface area contributed by atoms with Crippen LogP contribution in [0, 0.1) is 12.3 Å². The summed E-state index contributed by atoms with van der Waals surface area (Å²) >= 11 is 0. The van der Waals surface area contributed by atoms with E-state index >= 15 is 0 Å². The molecular weight excluding hydrogens is 330 g/mol. The van der Waals surface area contributed by atoms with Crippen LogP contribution in [0.4, 0.5) is 0 Å². The van der Waals surface area contributed by atoms with Crippen molar-refractivity contribution in [2.24, 2.45) is 12.5 Å². The van der Waals surface area contributed by atoms with E-state index in [1.807, 2.05) is 29.6 Å². The molecule has 140 valence electrons. The van der Waals surface area contributed by atoms with Gasteiger partial charge in [-0.25, -0.2) is 4.98 Å². The quantitative estimate of drug-likeness (QED) is 0.891. The topological polar surface area (TPSA) is 82.9 Å². The highest BCUT2D eigenvalue weighted by molar-refractivity contribution is 5.93. The zero-order valence-corrected chi connectivity index (χ0v) is 16.2. The smallest absolute Gasteiger partial charge is 0.274 e. The molecule has 0 aliphatic carbocycles. The number of rotatable bonds is 3. The highest BCUT2D eigenvalue weighted by Crippen LogP contribution is 2.48. The summed E-state index contributed by atoms with van der Waals surface area (Å²) in [6, 6.07) is 1.93. The Hall–Kier alpha value is -2.22. The Bertz CT molecular complexity index is 830. The van der Waals surface area contributed by atoms with Crippen LogP contribution >= 0.6 is 0 Å². The van der Waals surface area contributed by atoms with Gasteiger partial charge in [-0.1, -0.05) is 13.8 Å². The molecule has 0 aromatic carbocycles. The Labute approximate surface area is 153 Å². The molecule has 2 aromatic rings. The summed E-state index contributed by atoms with van der Waals surface area (Å²) in [5, 5.41) is 11.8. The molecule has 26 heavy (non-hydrogen) atoms. The molecular formula is C18H27N7O. The summed E-state index contributed by atoms with van der Waals surface area (Å²) in [6.07, 6.45) is 0. The first-order valence-corrected chi connectivity index (χ1v) is 9.20. The van der Waals surface area contributed by atoms with Crippen molar-refractivity contribution in [2.75, 3.05) is 33.2 Å².